The van der Waals surface area contributed by atoms with Gasteiger partial charge in [0, 0.05) is 29.0 Å². The molecule has 0 unspecified atom stereocenters. The maximum absolute atomic E-state index is 6.39. The molecule has 4 aromatic rings. The quantitative estimate of drug-likeness (QED) is 0.321. The molecule has 0 bridgehead atoms. The summed E-state index contributed by atoms with van der Waals surface area (Å²) in [6.45, 7) is 0.109. The van der Waals surface area contributed by atoms with Crippen molar-refractivity contribution >= 4 is 40.4 Å². The number of aromatic nitrogens is 2. The van der Waals surface area contributed by atoms with Crippen LogP contribution in [-0.4, -0.2) is 6.71 Å². The highest BCUT2D eigenvalue weighted by molar-refractivity contribution is 6.97. The topological polar surface area (TPSA) is 20.2 Å². The van der Waals surface area contributed by atoms with Gasteiger partial charge < -0.3 is 9.64 Å². The van der Waals surface area contributed by atoms with E-state index < -0.39 is 0 Å². The molecule has 0 fully saturated rings. The number of anilines is 3. The Balaban J connectivity index is 1.74. The molecule has 2 aliphatic rings. The molecule has 0 saturated heterocycles. The van der Waals surface area contributed by atoms with Crippen LogP contribution in [0.25, 0.3) is 0 Å². The largest absolute Gasteiger partial charge is 0.452 e. The fourth-order valence-electron chi connectivity index (χ4n) is 4.79. The van der Waals surface area contributed by atoms with Crippen molar-refractivity contribution in [2.24, 2.45) is 14.1 Å². The summed E-state index contributed by atoms with van der Waals surface area (Å²) in [5.41, 5.74) is 7.19. The molecule has 0 spiro atoms. The lowest BCUT2D eigenvalue weighted by molar-refractivity contribution is -0.658. The number of pyridine rings is 2. The van der Waals surface area contributed by atoms with Gasteiger partial charge in [-0.1, -0.05) is 24.3 Å². The summed E-state index contributed by atoms with van der Waals surface area (Å²) < 4.78 is 10.8. The second-order valence-corrected chi connectivity index (χ2v) is 7.65. The van der Waals surface area contributed by atoms with Crippen LogP contribution in [0, 0.1) is 0 Å². The average molecular weight is 377 g/mol. The molecule has 6 rings (SSSR count). The third kappa shape index (κ3) is 2.21. The van der Waals surface area contributed by atoms with Crippen molar-refractivity contribution < 1.29 is 13.9 Å². The van der Waals surface area contributed by atoms with E-state index in [4.69, 9.17) is 4.74 Å². The molecule has 0 radical (unpaired) electrons. The minimum atomic E-state index is 0.109. The van der Waals surface area contributed by atoms with Crippen LogP contribution in [0.5, 0.6) is 11.5 Å². The highest BCUT2D eigenvalue weighted by Crippen LogP contribution is 2.38. The molecule has 0 atom stereocenters. The summed E-state index contributed by atoms with van der Waals surface area (Å²) in [5.74, 6) is 1.86. The van der Waals surface area contributed by atoms with E-state index in [0.717, 1.165) is 17.2 Å². The number of nitrogens with zero attached hydrogens (tertiary/aromatic N) is 3. The molecule has 2 aromatic heterocycles. The van der Waals surface area contributed by atoms with E-state index >= 15 is 0 Å². The van der Waals surface area contributed by atoms with Gasteiger partial charge in [-0.2, -0.15) is 0 Å². The number of ether oxygens (including phenoxy) is 1. The fourth-order valence-corrected chi connectivity index (χ4v) is 4.79. The smallest absolute Gasteiger partial charge is 0.419 e. The Kier molecular flexibility index (Phi) is 3.36. The van der Waals surface area contributed by atoms with E-state index in [2.05, 4.69) is 107 Å². The van der Waals surface area contributed by atoms with Gasteiger partial charge in [0.05, 0.1) is 0 Å². The lowest BCUT2D eigenvalue weighted by Gasteiger charge is -2.36. The van der Waals surface area contributed by atoms with Crippen molar-refractivity contribution in [2.45, 2.75) is 0 Å². The summed E-state index contributed by atoms with van der Waals surface area (Å²) in [7, 11) is 4.23. The maximum atomic E-state index is 6.39. The van der Waals surface area contributed by atoms with E-state index in [-0.39, 0.29) is 6.71 Å². The molecular weight excluding hydrogens is 357 g/mol. The molecule has 5 heteroatoms. The highest BCUT2D eigenvalue weighted by Gasteiger charge is 2.51. The molecule has 0 aliphatic carbocycles. The second kappa shape index (κ2) is 5.95. The van der Waals surface area contributed by atoms with Crippen LogP contribution in [0.1, 0.15) is 0 Å². The van der Waals surface area contributed by atoms with E-state index in [1.165, 1.54) is 28.0 Å². The molecular formula is C24H20BN3O+2. The van der Waals surface area contributed by atoms with Crippen LogP contribution < -0.4 is 35.4 Å². The Hall–Kier alpha value is -3.60. The number of para-hydroxylation sites is 1. The van der Waals surface area contributed by atoms with Crippen LogP contribution in [0.2, 0.25) is 0 Å². The lowest BCUT2D eigenvalue weighted by Crippen LogP contribution is -2.74. The Morgan fingerprint density at radius 2 is 1.38 bits per heavy atom. The van der Waals surface area contributed by atoms with Crippen LogP contribution in [0.4, 0.5) is 17.1 Å². The summed E-state index contributed by atoms with van der Waals surface area (Å²) in [6.07, 6.45) is 4.23. The Morgan fingerprint density at radius 3 is 2.21 bits per heavy atom. The van der Waals surface area contributed by atoms with Gasteiger partial charge >= 0.3 is 6.71 Å². The average Bonchev–Trinajstić information content (AvgIpc) is 2.74. The van der Waals surface area contributed by atoms with E-state index in [1.807, 2.05) is 6.07 Å². The van der Waals surface area contributed by atoms with Crippen LogP contribution in [0.15, 0.2) is 85.2 Å². The molecule has 0 amide bonds. The number of hydrogen-bond donors (Lipinski definition) is 0. The maximum Gasteiger partial charge on any atom is 0.419 e. The summed E-state index contributed by atoms with van der Waals surface area (Å²) in [4.78, 5) is 2.35. The zero-order chi connectivity index (χ0) is 19.5. The van der Waals surface area contributed by atoms with Crippen molar-refractivity contribution in [3.63, 3.8) is 0 Å². The SMILES string of the molecule is C[n+]1cccc2c1B1c3c(cccc3N(c3ccccc3)c3ccc[n+](C)c31)O2. The van der Waals surface area contributed by atoms with Crippen molar-refractivity contribution in [2.75, 3.05) is 4.90 Å². The van der Waals surface area contributed by atoms with Crippen molar-refractivity contribution in [3.8, 4) is 11.5 Å². The first-order valence-electron chi connectivity index (χ1n) is 9.87. The van der Waals surface area contributed by atoms with Gasteiger partial charge in [-0.05, 0) is 36.4 Å². The molecule has 4 heterocycles. The van der Waals surface area contributed by atoms with E-state index in [1.54, 1.807) is 0 Å². The third-order valence-electron chi connectivity index (χ3n) is 5.99. The number of hydrogen-bond acceptors (Lipinski definition) is 2. The van der Waals surface area contributed by atoms with Gasteiger partial charge in [0.1, 0.15) is 25.5 Å². The Labute approximate surface area is 170 Å². The minimum Gasteiger partial charge on any atom is -0.452 e. The van der Waals surface area contributed by atoms with Crippen LogP contribution in [0.3, 0.4) is 0 Å². The van der Waals surface area contributed by atoms with Crippen LogP contribution >= 0.6 is 0 Å². The summed E-state index contributed by atoms with van der Waals surface area (Å²) in [5, 5.41) is 0. The van der Waals surface area contributed by atoms with Gasteiger partial charge in [-0.25, -0.2) is 9.13 Å². The molecule has 2 aromatic carbocycles. The van der Waals surface area contributed by atoms with E-state index in [0.29, 0.717) is 0 Å². The van der Waals surface area contributed by atoms with Gasteiger partial charge in [-0.3, -0.25) is 0 Å². The normalized spacial score (nSPS) is 13.3. The number of fused-ring (bicyclic) bond motifs is 4. The first kappa shape index (κ1) is 16.4. The van der Waals surface area contributed by atoms with Crippen molar-refractivity contribution in [1.82, 2.24) is 0 Å². The second-order valence-electron chi connectivity index (χ2n) is 7.65. The molecule has 0 N–H and O–H groups in total. The Bertz CT molecular complexity index is 1250. The highest BCUT2D eigenvalue weighted by atomic mass is 16.5. The zero-order valence-corrected chi connectivity index (χ0v) is 16.4. The molecule has 2 aliphatic heterocycles. The predicted octanol–water partition coefficient (Wildman–Crippen LogP) is 1.74. The molecule has 138 valence electrons. The zero-order valence-electron chi connectivity index (χ0n) is 16.4. The standard InChI is InChI=1S/C24H20BN3O/c1-26-15-7-12-19-23(26)25-22-18(28(19)17-9-4-3-5-10-17)11-6-13-20(22)29-21-14-8-16-27(2)24(21)25/h3-16H,1-2H3/q+2. The number of aryl methyl sites for hydroxylation is 2. The first-order chi connectivity index (χ1) is 14.2. The predicted molar refractivity (Wildman–Crippen MR) is 115 cm³/mol. The van der Waals surface area contributed by atoms with Gasteiger partial charge in [0.15, 0.2) is 29.3 Å². The van der Waals surface area contributed by atoms with Crippen LogP contribution in [-0.2, 0) is 14.1 Å². The van der Waals surface area contributed by atoms with Crippen molar-refractivity contribution in [1.29, 1.82) is 0 Å². The van der Waals surface area contributed by atoms with Gasteiger partial charge in [0.25, 0.3) is 0 Å². The number of rotatable bonds is 1. The third-order valence-corrected chi connectivity index (χ3v) is 5.99. The monoisotopic (exact) mass is 377 g/mol. The molecule has 4 nitrogen and oxygen atoms in total. The van der Waals surface area contributed by atoms with Gasteiger partial charge in [-0.15, -0.1) is 0 Å². The summed E-state index contributed by atoms with van der Waals surface area (Å²) in [6, 6.07) is 25.4. The van der Waals surface area contributed by atoms with E-state index in [9.17, 15) is 0 Å². The first-order valence-corrected chi connectivity index (χ1v) is 9.87. The fraction of sp³-hybridized carbons (Fsp3) is 0.0833. The van der Waals surface area contributed by atoms with Gasteiger partial charge in [0.2, 0.25) is 0 Å². The number of benzene rings is 2. The molecule has 29 heavy (non-hydrogen) atoms. The van der Waals surface area contributed by atoms with Crippen molar-refractivity contribution in [3.05, 3.63) is 85.2 Å². The summed E-state index contributed by atoms with van der Waals surface area (Å²) >= 11 is 0. The molecule has 0 saturated carbocycles. The Morgan fingerprint density at radius 1 is 0.690 bits per heavy atom. The minimum absolute atomic E-state index is 0.109. The lowest BCUT2D eigenvalue weighted by atomic mass is 9.37.